The summed E-state index contributed by atoms with van der Waals surface area (Å²) in [5, 5.41) is 1.05. The summed E-state index contributed by atoms with van der Waals surface area (Å²) < 4.78 is 15.0. The molecular formula is C14H7Cl4FN2. The summed E-state index contributed by atoms with van der Waals surface area (Å²) in [6.45, 7) is 0. The van der Waals surface area contributed by atoms with Crippen LogP contribution in [-0.4, -0.2) is 9.55 Å². The summed E-state index contributed by atoms with van der Waals surface area (Å²) in [6, 6.07) is 7.46. The number of fused-ring (bicyclic) bond motifs is 1. The first-order valence-electron chi connectivity index (χ1n) is 5.89. The van der Waals surface area contributed by atoms with Gasteiger partial charge in [-0.25, -0.2) is 9.37 Å². The average molecular weight is 364 g/mol. The fourth-order valence-corrected chi connectivity index (χ4v) is 2.89. The molecule has 21 heavy (non-hydrogen) atoms. The molecular weight excluding hydrogens is 357 g/mol. The lowest BCUT2D eigenvalue weighted by Gasteiger charge is -2.10. The quantitative estimate of drug-likeness (QED) is 0.521. The third-order valence-electron chi connectivity index (χ3n) is 3.04. The third-order valence-corrected chi connectivity index (χ3v) is 4.30. The molecule has 2 nitrogen and oxygen atoms in total. The summed E-state index contributed by atoms with van der Waals surface area (Å²) in [5.41, 5.74) is 1.92. The molecule has 7 heteroatoms. The normalized spacial score (nSPS) is 11.3. The van der Waals surface area contributed by atoms with Gasteiger partial charge < -0.3 is 0 Å². The standard InChI is InChI=1S/C14H7Cl4FN2/c15-6-14-20-11-4-8(16)9(17)5-13(11)21(14)12-2-1-7(19)3-10(12)18/h1-5H,6H2. The van der Waals surface area contributed by atoms with Gasteiger partial charge in [-0.2, -0.15) is 0 Å². The first-order chi connectivity index (χ1) is 10.0. The highest BCUT2D eigenvalue weighted by atomic mass is 35.5. The van der Waals surface area contributed by atoms with Crippen LogP contribution in [0, 0.1) is 5.82 Å². The Morgan fingerprint density at radius 1 is 1.00 bits per heavy atom. The zero-order chi connectivity index (χ0) is 15.1. The third kappa shape index (κ3) is 2.59. The second-order valence-electron chi connectivity index (χ2n) is 4.35. The van der Waals surface area contributed by atoms with Crippen LogP contribution in [0.25, 0.3) is 16.7 Å². The first kappa shape index (κ1) is 14.9. The molecule has 0 aliphatic heterocycles. The van der Waals surface area contributed by atoms with E-state index in [4.69, 9.17) is 46.4 Å². The predicted octanol–water partition coefficient (Wildman–Crippen LogP) is 5.86. The van der Waals surface area contributed by atoms with Crippen LogP contribution < -0.4 is 0 Å². The Balaban J connectivity index is 2.37. The molecule has 0 bridgehead atoms. The summed E-state index contributed by atoms with van der Waals surface area (Å²) in [5.74, 6) is 0.317. The van der Waals surface area contributed by atoms with Gasteiger partial charge in [0.1, 0.15) is 11.6 Å². The van der Waals surface area contributed by atoms with Gasteiger partial charge in [-0.1, -0.05) is 34.8 Å². The van der Waals surface area contributed by atoms with Crippen molar-refractivity contribution in [1.29, 1.82) is 0 Å². The van der Waals surface area contributed by atoms with E-state index in [9.17, 15) is 4.39 Å². The molecule has 3 aromatic rings. The number of hydrogen-bond acceptors (Lipinski definition) is 1. The van der Waals surface area contributed by atoms with Gasteiger partial charge in [-0.15, -0.1) is 11.6 Å². The Kier molecular flexibility index (Phi) is 4.02. The first-order valence-corrected chi connectivity index (χ1v) is 7.56. The molecule has 1 heterocycles. The van der Waals surface area contributed by atoms with Crippen molar-refractivity contribution in [3.05, 3.63) is 57.0 Å². The number of hydrogen-bond donors (Lipinski definition) is 0. The Bertz CT molecular complexity index is 845. The monoisotopic (exact) mass is 362 g/mol. The maximum Gasteiger partial charge on any atom is 0.129 e. The van der Waals surface area contributed by atoms with Crippen LogP contribution >= 0.6 is 46.4 Å². The van der Waals surface area contributed by atoms with Crippen molar-refractivity contribution < 1.29 is 4.39 Å². The van der Waals surface area contributed by atoms with Gasteiger partial charge in [-0.05, 0) is 30.3 Å². The smallest absolute Gasteiger partial charge is 0.129 e. The molecule has 0 atom stereocenters. The molecule has 0 N–H and O–H groups in total. The van der Waals surface area contributed by atoms with Crippen LogP contribution in [0.3, 0.4) is 0 Å². The Morgan fingerprint density at radius 2 is 1.71 bits per heavy atom. The molecule has 3 rings (SSSR count). The molecule has 0 saturated heterocycles. The second-order valence-corrected chi connectivity index (χ2v) is 5.84. The molecule has 0 aliphatic carbocycles. The van der Waals surface area contributed by atoms with E-state index in [1.807, 2.05) is 0 Å². The summed E-state index contributed by atoms with van der Waals surface area (Å²) >= 11 is 24.1. The second kappa shape index (κ2) is 5.65. The van der Waals surface area contributed by atoms with Gasteiger partial charge in [0, 0.05) is 0 Å². The molecule has 0 amide bonds. The van der Waals surface area contributed by atoms with Crippen molar-refractivity contribution in [2.24, 2.45) is 0 Å². The van der Waals surface area contributed by atoms with Crippen molar-refractivity contribution in [3.63, 3.8) is 0 Å². The topological polar surface area (TPSA) is 17.8 Å². The van der Waals surface area contributed by atoms with Crippen LogP contribution in [0.4, 0.5) is 4.39 Å². The van der Waals surface area contributed by atoms with E-state index in [2.05, 4.69) is 4.98 Å². The van der Waals surface area contributed by atoms with Crippen LogP contribution in [-0.2, 0) is 5.88 Å². The van der Waals surface area contributed by atoms with Crippen LogP contribution in [0.5, 0.6) is 0 Å². The lowest BCUT2D eigenvalue weighted by Crippen LogP contribution is -2.00. The van der Waals surface area contributed by atoms with E-state index < -0.39 is 5.82 Å². The van der Waals surface area contributed by atoms with E-state index in [0.717, 1.165) is 0 Å². The maximum absolute atomic E-state index is 13.2. The van der Waals surface area contributed by atoms with Crippen molar-refractivity contribution in [2.45, 2.75) is 5.88 Å². The van der Waals surface area contributed by atoms with E-state index >= 15 is 0 Å². The molecule has 0 radical (unpaired) electrons. The molecule has 0 aliphatic rings. The predicted molar refractivity (Wildman–Crippen MR) is 85.6 cm³/mol. The van der Waals surface area contributed by atoms with E-state index in [0.29, 0.717) is 32.6 Å². The highest BCUT2D eigenvalue weighted by Crippen LogP contribution is 2.32. The largest absolute Gasteiger partial charge is 0.294 e. The number of nitrogens with zero attached hydrogens (tertiary/aromatic N) is 2. The maximum atomic E-state index is 13.2. The molecule has 1 aromatic heterocycles. The summed E-state index contributed by atoms with van der Waals surface area (Å²) in [6.07, 6.45) is 0. The van der Waals surface area contributed by atoms with Gasteiger partial charge in [0.15, 0.2) is 0 Å². The average Bonchev–Trinajstić information content (AvgIpc) is 2.77. The SMILES string of the molecule is Fc1ccc(-n2c(CCl)nc3cc(Cl)c(Cl)cc32)c(Cl)c1. The lowest BCUT2D eigenvalue weighted by atomic mass is 10.2. The minimum atomic E-state index is -0.415. The fourth-order valence-electron chi connectivity index (χ4n) is 2.14. The number of halogens is 5. The van der Waals surface area contributed by atoms with Gasteiger partial charge in [-0.3, -0.25) is 4.57 Å². The van der Waals surface area contributed by atoms with Crippen LogP contribution in [0.15, 0.2) is 30.3 Å². The van der Waals surface area contributed by atoms with Crippen molar-refractivity contribution in [1.82, 2.24) is 9.55 Å². The van der Waals surface area contributed by atoms with Gasteiger partial charge >= 0.3 is 0 Å². The zero-order valence-electron chi connectivity index (χ0n) is 10.4. The minimum absolute atomic E-state index is 0.164. The van der Waals surface area contributed by atoms with E-state index in [1.165, 1.54) is 12.1 Å². The van der Waals surface area contributed by atoms with Gasteiger partial charge in [0.2, 0.25) is 0 Å². The minimum Gasteiger partial charge on any atom is -0.294 e. The number of rotatable bonds is 2. The number of alkyl halides is 1. The van der Waals surface area contributed by atoms with Gasteiger partial charge in [0.05, 0.1) is 37.7 Å². The van der Waals surface area contributed by atoms with Crippen LogP contribution in [0.1, 0.15) is 5.82 Å². The highest BCUT2D eigenvalue weighted by Gasteiger charge is 2.16. The lowest BCUT2D eigenvalue weighted by molar-refractivity contribution is 0.627. The molecule has 0 saturated carbocycles. The summed E-state index contributed by atoms with van der Waals surface area (Å²) in [7, 11) is 0. The van der Waals surface area contributed by atoms with E-state index in [1.54, 1.807) is 22.8 Å². The fraction of sp³-hybridized carbons (Fsp3) is 0.0714. The molecule has 0 fully saturated rings. The van der Waals surface area contributed by atoms with Crippen molar-refractivity contribution in [3.8, 4) is 5.69 Å². The molecule has 0 spiro atoms. The summed E-state index contributed by atoms with van der Waals surface area (Å²) in [4.78, 5) is 4.41. The molecule has 0 unspecified atom stereocenters. The number of aromatic nitrogens is 2. The van der Waals surface area contributed by atoms with E-state index in [-0.39, 0.29) is 10.9 Å². The number of benzene rings is 2. The number of imidazole rings is 1. The Hall–Kier alpha value is -1.00. The van der Waals surface area contributed by atoms with Crippen LogP contribution in [0.2, 0.25) is 15.1 Å². The Labute approximate surface area is 140 Å². The van der Waals surface area contributed by atoms with Gasteiger partial charge in [0.25, 0.3) is 0 Å². The highest BCUT2D eigenvalue weighted by molar-refractivity contribution is 6.42. The molecule has 2 aromatic carbocycles. The zero-order valence-corrected chi connectivity index (χ0v) is 13.4. The molecule has 108 valence electrons. The Morgan fingerprint density at radius 3 is 2.38 bits per heavy atom. The van der Waals surface area contributed by atoms with Crippen molar-refractivity contribution in [2.75, 3.05) is 0 Å². The van der Waals surface area contributed by atoms with Crippen molar-refractivity contribution >= 4 is 57.4 Å².